The van der Waals surface area contributed by atoms with Crippen LogP contribution in [0.5, 0.6) is 0 Å². The Morgan fingerprint density at radius 2 is 2.17 bits per heavy atom. The fraction of sp³-hybridized carbons (Fsp3) is 0.600. The summed E-state index contributed by atoms with van der Waals surface area (Å²) in [5, 5.41) is 0. The smallest absolute Gasteiger partial charge is 0.0398 e. The summed E-state index contributed by atoms with van der Waals surface area (Å²) in [6, 6.07) is 6.71. The standard InChI is InChI=1S/C15H25N3/c1-17(2)8-4-10-18-9-3-5-14-11-13(12-16)6-7-15(14)18/h6-7,11H,3-5,8-10,12,16H2,1-2H3. The van der Waals surface area contributed by atoms with Crippen molar-refractivity contribution in [1.29, 1.82) is 0 Å². The van der Waals surface area contributed by atoms with E-state index in [1.807, 2.05) is 0 Å². The van der Waals surface area contributed by atoms with Crippen LogP contribution in [0.25, 0.3) is 0 Å². The minimum atomic E-state index is 0.647. The molecule has 0 spiro atoms. The second-order valence-corrected chi connectivity index (χ2v) is 5.41. The van der Waals surface area contributed by atoms with E-state index in [1.54, 1.807) is 0 Å². The first-order valence-electron chi connectivity index (χ1n) is 6.92. The van der Waals surface area contributed by atoms with E-state index >= 15 is 0 Å². The summed E-state index contributed by atoms with van der Waals surface area (Å²) in [5.74, 6) is 0. The van der Waals surface area contributed by atoms with E-state index < -0.39 is 0 Å². The number of rotatable bonds is 5. The third-order valence-electron chi connectivity index (χ3n) is 3.63. The van der Waals surface area contributed by atoms with Gasteiger partial charge in [-0.1, -0.05) is 12.1 Å². The highest BCUT2D eigenvalue weighted by Crippen LogP contribution is 2.28. The van der Waals surface area contributed by atoms with Crippen LogP contribution in [0.4, 0.5) is 5.69 Å². The Bertz CT molecular complexity index is 387. The topological polar surface area (TPSA) is 32.5 Å². The van der Waals surface area contributed by atoms with E-state index in [2.05, 4.69) is 42.1 Å². The number of anilines is 1. The normalized spacial score (nSPS) is 15.0. The lowest BCUT2D eigenvalue weighted by molar-refractivity contribution is 0.399. The maximum atomic E-state index is 5.71. The van der Waals surface area contributed by atoms with Crippen molar-refractivity contribution in [2.45, 2.75) is 25.8 Å². The van der Waals surface area contributed by atoms with Crippen molar-refractivity contribution in [3.8, 4) is 0 Å². The van der Waals surface area contributed by atoms with Crippen molar-refractivity contribution >= 4 is 5.69 Å². The molecule has 0 amide bonds. The molecule has 0 aliphatic carbocycles. The van der Waals surface area contributed by atoms with Gasteiger partial charge in [0.25, 0.3) is 0 Å². The molecule has 2 rings (SSSR count). The van der Waals surface area contributed by atoms with Crippen LogP contribution >= 0.6 is 0 Å². The van der Waals surface area contributed by atoms with Crippen molar-refractivity contribution in [3.63, 3.8) is 0 Å². The molecule has 0 aromatic heterocycles. The van der Waals surface area contributed by atoms with Gasteiger partial charge < -0.3 is 15.5 Å². The highest BCUT2D eigenvalue weighted by molar-refractivity contribution is 5.56. The van der Waals surface area contributed by atoms with Crippen LogP contribution in [-0.4, -0.2) is 38.6 Å². The molecule has 1 aliphatic heterocycles. The van der Waals surface area contributed by atoms with Crippen molar-refractivity contribution in [2.75, 3.05) is 38.6 Å². The van der Waals surface area contributed by atoms with E-state index in [1.165, 1.54) is 42.6 Å². The van der Waals surface area contributed by atoms with Crippen molar-refractivity contribution < 1.29 is 0 Å². The Hall–Kier alpha value is -1.06. The summed E-state index contributed by atoms with van der Waals surface area (Å²) in [7, 11) is 4.27. The Morgan fingerprint density at radius 1 is 1.33 bits per heavy atom. The van der Waals surface area contributed by atoms with Crippen LogP contribution < -0.4 is 10.6 Å². The molecule has 2 N–H and O–H groups in total. The zero-order valence-corrected chi connectivity index (χ0v) is 11.7. The van der Waals surface area contributed by atoms with Crippen molar-refractivity contribution in [1.82, 2.24) is 4.90 Å². The van der Waals surface area contributed by atoms with Crippen molar-refractivity contribution in [2.24, 2.45) is 5.73 Å². The van der Waals surface area contributed by atoms with E-state index in [4.69, 9.17) is 5.73 Å². The number of benzene rings is 1. The molecular formula is C15H25N3. The Labute approximate surface area is 111 Å². The average Bonchev–Trinajstić information content (AvgIpc) is 2.38. The van der Waals surface area contributed by atoms with E-state index in [9.17, 15) is 0 Å². The first-order chi connectivity index (χ1) is 8.70. The molecule has 18 heavy (non-hydrogen) atoms. The van der Waals surface area contributed by atoms with Gasteiger partial charge in [0.1, 0.15) is 0 Å². The van der Waals surface area contributed by atoms with Crippen LogP contribution in [0.2, 0.25) is 0 Å². The molecule has 0 saturated heterocycles. The van der Waals surface area contributed by atoms with Crippen LogP contribution in [0.15, 0.2) is 18.2 Å². The van der Waals surface area contributed by atoms with Gasteiger partial charge in [0.2, 0.25) is 0 Å². The molecule has 1 heterocycles. The number of hydrogen-bond acceptors (Lipinski definition) is 3. The molecule has 0 radical (unpaired) electrons. The van der Waals surface area contributed by atoms with E-state index in [-0.39, 0.29) is 0 Å². The fourth-order valence-corrected chi connectivity index (χ4v) is 2.67. The zero-order chi connectivity index (χ0) is 13.0. The van der Waals surface area contributed by atoms with Crippen LogP contribution in [0.3, 0.4) is 0 Å². The third-order valence-corrected chi connectivity index (χ3v) is 3.63. The molecule has 1 aromatic carbocycles. The summed E-state index contributed by atoms with van der Waals surface area (Å²) < 4.78 is 0. The number of aryl methyl sites for hydroxylation is 1. The Morgan fingerprint density at radius 3 is 2.89 bits per heavy atom. The van der Waals surface area contributed by atoms with Gasteiger partial charge in [0, 0.05) is 25.3 Å². The fourth-order valence-electron chi connectivity index (χ4n) is 2.67. The van der Waals surface area contributed by atoms with Gasteiger partial charge in [0.15, 0.2) is 0 Å². The summed E-state index contributed by atoms with van der Waals surface area (Å²) in [4.78, 5) is 4.78. The predicted molar refractivity (Wildman–Crippen MR) is 78.0 cm³/mol. The molecule has 0 atom stereocenters. The maximum Gasteiger partial charge on any atom is 0.0398 e. The molecule has 0 unspecified atom stereocenters. The quantitative estimate of drug-likeness (QED) is 0.862. The van der Waals surface area contributed by atoms with Gasteiger partial charge in [-0.2, -0.15) is 0 Å². The van der Waals surface area contributed by atoms with Gasteiger partial charge in [0.05, 0.1) is 0 Å². The largest absolute Gasteiger partial charge is 0.371 e. The highest BCUT2D eigenvalue weighted by Gasteiger charge is 2.16. The Kier molecular flexibility index (Phi) is 4.61. The average molecular weight is 247 g/mol. The van der Waals surface area contributed by atoms with Crippen LogP contribution in [0.1, 0.15) is 24.0 Å². The third kappa shape index (κ3) is 3.24. The monoisotopic (exact) mass is 247 g/mol. The molecule has 1 aromatic rings. The van der Waals surface area contributed by atoms with Crippen molar-refractivity contribution in [3.05, 3.63) is 29.3 Å². The predicted octanol–water partition coefficient (Wildman–Crippen LogP) is 1.85. The SMILES string of the molecule is CN(C)CCCN1CCCc2cc(CN)ccc21. The number of nitrogens with zero attached hydrogens (tertiary/aromatic N) is 2. The summed E-state index contributed by atoms with van der Waals surface area (Å²) in [5.41, 5.74) is 9.87. The second-order valence-electron chi connectivity index (χ2n) is 5.41. The molecule has 3 heteroatoms. The van der Waals surface area contributed by atoms with Gasteiger partial charge in [-0.15, -0.1) is 0 Å². The minimum absolute atomic E-state index is 0.647. The second kappa shape index (κ2) is 6.21. The lowest BCUT2D eigenvalue weighted by Crippen LogP contribution is -2.32. The highest BCUT2D eigenvalue weighted by atomic mass is 15.1. The molecule has 3 nitrogen and oxygen atoms in total. The molecule has 0 saturated carbocycles. The number of hydrogen-bond donors (Lipinski definition) is 1. The van der Waals surface area contributed by atoms with Gasteiger partial charge in [-0.25, -0.2) is 0 Å². The minimum Gasteiger partial charge on any atom is -0.371 e. The van der Waals surface area contributed by atoms with Gasteiger partial charge in [-0.05, 0) is 57.1 Å². The first-order valence-corrected chi connectivity index (χ1v) is 6.92. The number of fused-ring (bicyclic) bond motifs is 1. The lowest BCUT2D eigenvalue weighted by Gasteiger charge is -2.32. The Balaban J connectivity index is 2.03. The first kappa shape index (κ1) is 13.4. The molecule has 100 valence electrons. The summed E-state index contributed by atoms with van der Waals surface area (Å²) >= 11 is 0. The lowest BCUT2D eigenvalue weighted by atomic mass is 9.99. The van der Waals surface area contributed by atoms with E-state index in [0.717, 1.165) is 13.1 Å². The van der Waals surface area contributed by atoms with Crippen LogP contribution in [-0.2, 0) is 13.0 Å². The van der Waals surface area contributed by atoms with Gasteiger partial charge in [-0.3, -0.25) is 0 Å². The maximum absolute atomic E-state index is 5.71. The summed E-state index contributed by atoms with van der Waals surface area (Å²) in [6.45, 7) is 4.16. The van der Waals surface area contributed by atoms with Gasteiger partial charge >= 0.3 is 0 Å². The molecular weight excluding hydrogens is 222 g/mol. The molecule has 0 fully saturated rings. The van der Waals surface area contributed by atoms with E-state index in [0.29, 0.717) is 6.54 Å². The number of nitrogens with two attached hydrogens (primary N) is 1. The molecule has 1 aliphatic rings. The molecule has 0 bridgehead atoms. The van der Waals surface area contributed by atoms with Crippen LogP contribution in [0, 0.1) is 0 Å². The summed E-state index contributed by atoms with van der Waals surface area (Å²) in [6.07, 6.45) is 3.70. The zero-order valence-electron chi connectivity index (χ0n) is 11.7.